The van der Waals surface area contributed by atoms with E-state index < -0.39 is 10.0 Å². The van der Waals surface area contributed by atoms with Crippen LogP contribution in [0.4, 0.5) is 0 Å². The second kappa shape index (κ2) is 6.83. The third kappa shape index (κ3) is 3.88. The third-order valence-corrected chi connectivity index (χ3v) is 5.43. The highest BCUT2D eigenvalue weighted by molar-refractivity contribution is 7.88. The van der Waals surface area contributed by atoms with Gasteiger partial charge in [0.1, 0.15) is 13.2 Å². The molecule has 0 radical (unpaired) electrons. The maximum Gasteiger partial charge on any atom is 0.216 e. The Hall–Kier alpha value is -2.05. The highest BCUT2D eigenvalue weighted by Crippen LogP contribution is 2.32. The van der Waals surface area contributed by atoms with Gasteiger partial charge in [-0.15, -0.1) is 0 Å². The summed E-state index contributed by atoms with van der Waals surface area (Å²) < 4.78 is 38.7. The van der Waals surface area contributed by atoms with Gasteiger partial charge in [-0.25, -0.2) is 13.1 Å². The van der Waals surface area contributed by atoms with Crippen molar-refractivity contribution in [1.29, 1.82) is 0 Å². The molecule has 0 aliphatic carbocycles. The van der Waals surface area contributed by atoms with Gasteiger partial charge in [-0.1, -0.05) is 30.3 Å². The van der Waals surface area contributed by atoms with Gasteiger partial charge in [-0.3, -0.25) is 0 Å². The van der Waals surface area contributed by atoms with E-state index in [0.29, 0.717) is 24.7 Å². The van der Waals surface area contributed by atoms with Crippen LogP contribution in [0.25, 0.3) is 0 Å². The first-order chi connectivity index (χ1) is 11.4. The molecule has 0 fully saturated rings. The van der Waals surface area contributed by atoms with Crippen molar-refractivity contribution in [3.05, 3.63) is 59.2 Å². The number of ether oxygens (including phenoxy) is 2. The summed E-state index contributed by atoms with van der Waals surface area (Å²) >= 11 is 0. The summed E-state index contributed by atoms with van der Waals surface area (Å²) in [7, 11) is -3.45. The molecule has 5 nitrogen and oxygen atoms in total. The lowest BCUT2D eigenvalue weighted by molar-refractivity contribution is 0.171. The molecule has 3 rings (SSSR count). The Morgan fingerprint density at radius 3 is 2.54 bits per heavy atom. The number of nitrogens with one attached hydrogen (secondary N) is 1. The van der Waals surface area contributed by atoms with Gasteiger partial charge in [0, 0.05) is 6.04 Å². The first-order valence-corrected chi connectivity index (χ1v) is 9.54. The van der Waals surface area contributed by atoms with Crippen molar-refractivity contribution in [2.45, 2.75) is 25.6 Å². The minimum atomic E-state index is -3.45. The fourth-order valence-electron chi connectivity index (χ4n) is 2.69. The van der Waals surface area contributed by atoms with Gasteiger partial charge in [0.05, 0.1) is 5.75 Å². The summed E-state index contributed by atoms with van der Waals surface area (Å²) in [6, 6.07) is 12.6. The fraction of sp³-hybridized carbons (Fsp3) is 0.333. The molecule has 0 amide bonds. The SMILES string of the molecule is Cc1ccccc1CS(=O)(=O)NC(C)c1ccc2c(c1)OCCO2. The van der Waals surface area contributed by atoms with Crippen molar-refractivity contribution >= 4 is 10.0 Å². The maximum absolute atomic E-state index is 12.5. The molecule has 1 aliphatic heterocycles. The molecule has 1 aliphatic rings. The van der Waals surface area contributed by atoms with Crippen LogP contribution >= 0.6 is 0 Å². The zero-order chi connectivity index (χ0) is 17.2. The average molecular weight is 347 g/mol. The van der Waals surface area contributed by atoms with Crippen LogP contribution in [0, 0.1) is 6.92 Å². The Balaban J connectivity index is 1.74. The molecule has 24 heavy (non-hydrogen) atoms. The van der Waals surface area contributed by atoms with Gasteiger partial charge >= 0.3 is 0 Å². The molecule has 6 heteroatoms. The Kier molecular flexibility index (Phi) is 4.78. The first-order valence-electron chi connectivity index (χ1n) is 7.89. The largest absolute Gasteiger partial charge is 0.486 e. The molecule has 1 unspecified atom stereocenters. The summed E-state index contributed by atoms with van der Waals surface area (Å²) in [5, 5.41) is 0. The van der Waals surface area contributed by atoms with Crippen molar-refractivity contribution in [3.8, 4) is 11.5 Å². The molecular formula is C18H21NO4S. The van der Waals surface area contributed by atoms with E-state index >= 15 is 0 Å². The zero-order valence-electron chi connectivity index (χ0n) is 13.8. The van der Waals surface area contributed by atoms with Gasteiger partial charge in [0.15, 0.2) is 11.5 Å². The normalized spacial score (nSPS) is 15.1. The minimum absolute atomic E-state index is 0.0332. The van der Waals surface area contributed by atoms with E-state index in [4.69, 9.17) is 9.47 Å². The van der Waals surface area contributed by atoms with Crippen molar-refractivity contribution in [3.63, 3.8) is 0 Å². The molecule has 1 heterocycles. The molecule has 0 spiro atoms. The number of hydrogen-bond donors (Lipinski definition) is 1. The Morgan fingerprint density at radius 1 is 1.08 bits per heavy atom. The quantitative estimate of drug-likeness (QED) is 0.903. The molecule has 1 N–H and O–H groups in total. The van der Waals surface area contributed by atoms with Crippen LogP contribution in [0.3, 0.4) is 0 Å². The molecule has 2 aromatic carbocycles. The fourth-order valence-corrected chi connectivity index (χ4v) is 4.18. The Labute approximate surface area is 142 Å². The van der Waals surface area contributed by atoms with Crippen LogP contribution in [0.5, 0.6) is 11.5 Å². The predicted molar refractivity (Wildman–Crippen MR) is 92.8 cm³/mol. The van der Waals surface area contributed by atoms with Crippen LogP contribution in [-0.2, 0) is 15.8 Å². The molecule has 128 valence electrons. The van der Waals surface area contributed by atoms with Crippen molar-refractivity contribution in [1.82, 2.24) is 4.72 Å². The summed E-state index contributed by atoms with van der Waals surface area (Å²) in [6.45, 7) is 4.77. The van der Waals surface area contributed by atoms with E-state index in [1.165, 1.54) is 0 Å². The molecule has 1 atom stereocenters. The molecule has 0 aromatic heterocycles. The van der Waals surface area contributed by atoms with E-state index in [2.05, 4.69) is 4.72 Å². The van der Waals surface area contributed by atoms with E-state index in [-0.39, 0.29) is 11.8 Å². The smallest absolute Gasteiger partial charge is 0.216 e. The van der Waals surface area contributed by atoms with Crippen molar-refractivity contribution in [2.24, 2.45) is 0 Å². The first kappa shape index (κ1) is 16.8. The topological polar surface area (TPSA) is 64.6 Å². The number of aryl methyl sites for hydroxylation is 1. The number of sulfonamides is 1. The number of rotatable bonds is 5. The lowest BCUT2D eigenvalue weighted by Gasteiger charge is -2.21. The highest BCUT2D eigenvalue weighted by Gasteiger charge is 2.19. The minimum Gasteiger partial charge on any atom is -0.486 e. The van der Waals surface area contributed by atoms with E-state index in [0.717, 1.165) is 16.7 Å². The van der Waals surface area contributed by atoms with Crippen LogP contribution in [0.1, 0.15) is 29.7 Å². The third-order valence-electron chi connectivity index (χ3n) is 4.03. The van der Waals surface area contributed by atoms with E-state index in [1.807, 2.05) is 56.3 Å². The summed E-state index contributed by atoms with van der Waals surface area (Å²) in [4.78, 5) is 0. The number of benzene rings is 2. The van der Waals surface area contributed by atoms with Gasteiger partial charge in [-0.2, -0.15) is 0 Å². The molecule has 0 saturated heterocycles. The van der Waals surface area contributed by atoms with Gasteiger partial charge in [0.25, 0.3) is 0 Å². The number of fused-ring (bicyclic) bond motifs is 1. The van der Waals surface area contributed by atoms with Crippen molar-refractivity contribution in [2.75, 3.05) is 13.2 Å². The molecule has 0 saturated carbocycles. The van der Waals surface area contributed by atoms with Crippen LogP contribution < -0.4 is 14.2 Å². The zero-order valence-corrected chi connectivity index (χ0v) is 14.6. The second-order valence-corrected chi connectivity index (χ2v) is 7.68. The van der Waals surface area contributed by atoms with Crippen LogP contribution in [0.15, 0.2) is 42.5 Å². The average Bonchev–Trinajstić information content (AvgIpc) is 2.56. The van der Waals surface area contributed by atoms with E-state index in [1.54, 1.807) is 0 Å². The summed E-state index contributed by atoms with van der Waals surface area (Å²) in [5.74, 6) is 1.32. The lowest BCUT2D eigenvalue weighted by atomic mass is 10.1. The van der Waals surface area contributed by atoms with Crippen LogP contribution in [-0.4, -0.2) is 21.6 Å². The standard InChI is InChI=1S/C18H21NO4S/c1-13-5-3-4-6-16(13)12-24(20,21)19-14(2)15-7-8-17-18(11-15)23-10-9-22-17/h3-8,11,14,19H,9-10,12H2,1-2H3. The monoisotopic (exact) mass is 347 g/mol. The maximum atomic E-state index is 12.5. The predicted octanol–water partition coefficient (Wildman–Crippen LogP) is 2.95. The molecular weight excluding hydrogens is 326 g/mol. The van der Waals surface area contributed by atoms with Crippen molar-refractivity contribution < 1.29 is 17.9 Å². The number of hydrogen-bond acceptors (Lipinski definition) is 4. The Bertz CT molecular complexity index is 833. The van der Waals surface area contributed by atoms with E-state index in [9.17, 15) is 8.42 Å². The van der Waals surface area contributed by atoms with Gasteiger partial charge in [-0.05, 0) is 42.7 Å². The highest BCUT2D eigenvalue weighted by atomic mass is 32.2. The summed E-state index contributed by atoms with van der Waals surface area (Å²) in [6.07, 6.45) is 0. The lowest BCUT2D eigenvalue weighted by Crippen LogP contribution is -2.28. The Morgan fingerprint density at radius 2 is 1.79 bits per heavy atom. The summed E-state index contributed by atoms with van der Waals surface area (Å²) in [5.41, 5.74) is 2.61. The van der Waals surface area contributed by atoms with Gasteiger partial charge < -0.3 is 9.47 Å². The molecule has 0 bridgehead atoms. The van der Waals surface area contributed by atoms with Gasteiger partial charge in [0.2, 0.25) is 10.0 Å². The second-order valence-electron chi connectivity index (χ2n) is 5.93. The van der Waals surface area contributed by atoms with Crippen LogP contribution in [0.2, 0.25) is 0 Å². The molecule has 2 aromatic rings.